The van der Waals surface area contributed by atoms with Crippen LogP contribution in [0.3, 0.4) is 0 Å². The zero-order valence-electron chi connectivity index (χ0n) is 24.6. The van der Waals surface area contributed by atoms with Crippen LogP contribution < -0.4 is 0 Å². The Kier molecular flexibility index (Phi) is 8.15. The Hall–Kier alpha value is -2.09. The lowest BCUT2D eigenvalue weighted by atomic mass is 9.42. The third-order valence-electron chi connectivity index (χ3n) is 11.0. The van der Waals surface area contributed by atoms with E-state index in [9.17, 15) is 20.0 Å². The second kappa shape index (κ2) is 10.2. The molecule has 0 spiro atoms. The van der Waals surface area contributed by atoms with Crippen molar-refractivity contribution in [3.05, 3.63) is 23.0 Å². The highest BCUT2D eigenvalue weighted by Crippen LogP contribution is 2.68. The van der Waals surface area contributed by atoms with Gasteiger partial charge in [-0.25, -0.2) is 0 Å². The fraction of sp³-hybridized carbons (Fsp3) is 0.781. The molecular weight excluding hydrogens is 462 g/mol. The summed E-state index contributed by atoms with van der Waals surface area (Å²) in [6.07, 6.45) is 10.6. The van der Waals surface area contributed by atoms with Gasteiger partial charge in [0.1, 0.15) is 5.76 Å². The molecule has 0 saturated heterocycles. The molecule has 1 N–H and O–H groups in total. The summed E-state index contributed by atoms with van der Waals surface area (Å²) in [5, 5.41) is 20.1. The molecule has 0 amide bonds. The summed E-state index contributed by atoms with van der Waals surface area (Å²) < 4.78 is 5.31. The fourth-order valence-corrected chi connectivity index (χ4v) is 7.91. The monoisotopic (exact) mass is 511 g/mol. The van der Waals surface area contributed by atoms with Crippen molar-refractivity contribution < 1.29 is 19.4 Å². The zero-order chi connectivity index (χ0) is 27.9. The number of carbonyl (C=O) groups excluding carboxylic acids is 2. The van der Waals surface area contributed by atoms with Crippen molar-refractivity contribution in [2.24, 2.45) is 33.0 Å². The van der Waals surface area contributed by atoms with E-state index in [0.717, 1.165) is 50.5 Å². The van der Waals surface area contributed by atoms with Crippen molar-refractivity contribution in [3.63, 3.8) is 0 Å². The van der Waals surface area contributed by atoms with Gasteiger partial charge in [-0.2, -0.15) is 5.26 Å². The van der Waals surface area contributed by atoms with Crippen LogP contribution in [0.2, 0.25) is 0 Å². The Morgan fingerprint density at radius 1 is 1.16 bits per heavy atom. The van der Waals surface area contributed by atoms with Crippen LogP contribution in [0.15, 0.2) is 23.0 Å². The number of esters is 1. The number of fused-ring (bicyclic) bond motifs is 3. The van der Waals surface area contributed by atoms with Crippen LogP contribution in [0.1, 0.15) is 119 Å². The standard InChI is InChI=1S/C32H49NO4/c1-9-11-28(2,3)13-14-29(4,27(36)37-8)15-16-30(5)20-24(34)18-26-31(6)19-22(21-33)25(35)17-23(31)10-12-32(26,30)7/h18,23,35H,9-17,19-20H2,1-8H3/t23-,29-,30+,31-,32+/m0/s1. The van der Waals surface area contributed by atoms with Gasteiger partial charge in [-0.15, -0.1) is 0 Å². The Balaban J connectivity index is 1.92. The summed E-state index contributed by atoms with van der Waals surface area (Å²) in [7, 11) is 1.48. The lowest BCUT2D eigenvalue weighted by molar-refractivity contribution is -0.154. The topological polar surface area (TPSA) is 87.4 Å². The molecule has 1 saturated carbocycles. The molecule has 0 radical (unpaired) electrons. The molecule has 3 aliphatic rings. The van der Waals surface area contributed by atoms with Gasteiger partial charge in [-0.1, -0.05) is 53.5 Å². The average Bonchev–Trinajstić information content (AvgIpc) is 2.83. The summed E-state index contributed by atoms with van der Waals surface area (Å²) in [4.78, 5) is 26.3. The molecule has 3 rings (SSSR count). The van der Waals surface area contributed by atoms with Gasteiger partial charge < -0.3 is 9.84 Å². The first kappa shape index (κ1) is 29.5. The summed E-state index contributed by atoms with van der Waals surface area (Å²) in [6, 6.07) is 2.22. The van der Waals surface area contributed by atoms with E-state index in [-0.39, 0.29) is 45.1 Å². The van der Waals surface area contributed by atoms with Crippen LogP contribution in [0, 0.1) is 44.3 Å². The molecule has 0 aromatic heterocycles. The van der Waals surface area contributed by atoms with E-state index in [2.05, 4.69) is 47.6 Å². The third kappa shape index (κ3) is 5.27. The number of ether oxygens (including phenoxy) is 1. The van der Waals surface area contributed by atoms with Crippen molar-refractivity contribution in [2.75, 3.05) is 7.11 Å². The molecule has 206 valence electrons. The van der Waals surface area contributed by atoms with Gasteiger partial charge in [0, 0.05) is 12.8 Å². The van der Waals surface area contributed by atoms with Crippen molar-refractivity contribution in [2.45, 2.75) is 119 Å². The van der Waals surface area contributed by atoms with E-state index < -0.39 is 5.41 Å². The molecule has 5 atom stereocenters. The number of nitrogens with zero attached hydrogens (tertiary/aromatic N) is 1. The predicted molar refractivity (Wildman–Crippen MR) is 147 cm³/mol. The maximum atomic E-state index is 13.3. The Bertz CT molecular complexity index is 1030. The minimum atomic E-state index is -0.599. The molecule has 0 aromatic rings. The van der Waals surface area contributed by atoms with Gasteiger partial charge >= 0.3 is 5.97 Å². The second-order valence-corrected chi connectivity index (χ2v) is 14.1. The first-order valence-electron chi connectivity index (χ1n) is 14.2. The number of methoxy groups -OCH3 is 1. The Morgan fingerprint density at radius 2 is 1.84 bits per heavy atom. The molecule has 5 nitrogen and oxygen atoms in total. The van der Waals surface area contributed by atoms with Gasteiger partial charge in [0.05, 0.1) is 24.2 Å². The first-order chi connectivity index (χ1) is 17.1. The van der Waals surface area contributed by atoms with Gasteiger partial charge in [0.2, 0.25) is 0 Å². The van der Waals surface area contributed by atoms with Gasteiger partial charge in [-0.05, 0) is 91.9 Å². The predicted octanol–water partition coefficient (Wildman–Crippen LogP) is 8.01. The minimum absolute atomic E-state index is 0.137. The van der Waals surface area contributed by atoms with Crippen LogP contribution in [0.4, 0.5) is 0 Å². The molecule has 5 heteroatoms. The molecule has 1 fully saturated rings. The van der Waals surface area contributed by atoms with E-state index in [1.54, 1.807) is 0 Å². The number of nitriles is 1. The highest BCUT2D eigenvalue weighted by Gasteiger charge is 2.60. The number of ketones is 1. The number of allylic oxidation sites excluding steroid dienone is 4. The molecule has 3 aliphatic carbocycles. The van der Waals surface area contributed by atoms with Crippen LogP contribution in [0.25, 0.3) is 0 Å². The molecule has 0 unspecified atom stereocenters. The van der Waals surface area contributed by atoms with Crippen LogP contribution in [-0.4, -0.2) is 24.0 Å². The highest BCUT2D eigenvalue weighted by molar-refractivity contribution is 5.93. The second-order valence-electron chi connectivity index (χ2n) is 14.1. The van der Waals surface area contributed by atoms with Gasteiger partial charge in [0.15, 0.2) is 5.78 Å². The smallest absolute Gasteiger partial charge is 0.311 e. The lowest BCUT2D eigenvalue weighted by Gasteiger charge is -2.61. The Morgan fingerprint density at radius 3 is 2.43 bits per heavy atom. The molecule has 37 heavy (non-hydrogen) atoms. The third-order valence-corrected chi connectivity index (χ3v) is 11.0. The van der Waals surface area contributed by atoms with Crippen molar-refractivity contribution in [1.82, 2.24) is 0 Å². The number of aliphatic hydroxyl groups excluding tert-OH is 1. The van der Waals surface area contributed by atoms with E-state index in [4.69, 9.17) is 4.74 Å². The van der Waals surface area contributed by atoms with Crippen LogP contribution in [0.5, 0.6) is 0 Å². The number of rotatable bonds is 9. The van der Waals surface area contributed by atoms with Crippen LogP contribution in [-0.2, 0) is 14.3 Å². The minimum Gasteiger partial charge on any atom is -0.511 e. The van der Waals surface area contributed by atoms with E-state index in [1.807, 2.05) is 13.0 Å². The largest absolute Gasteiger partial charge is 0.511 e. The number of hydrogen-bond donors (Lipinski definition) is 1. The normalized spacial score (nSPS) is 33.5. The quantitative estimate of drug-likeness (QED) is 0.317. The molecular formula is C32H49NO4. The summed E-state index contributed by atoms with van der Waals surface area (Å²) in [5.74, 6) is 0.422. The van der Waals surface area contributed by atoms with Crippen molar-refractivity contribution in [3.8, 4) is 6.07 Å². The maximum Gasteiger partial charge on any atom is 0.311 e. The van der Waals surface area contributed by atoms with Crippen LogP contribution >= 0.6 is 0 Å². The molecule has 0 heterocycles. The zero-order valence-corrected chi connectivity index (χ0v) is 24.6. The number of aliphatic hydroxyl groups is 1. The van der Waals surface area contributed by atoms with Crippen molar-refractivity contribution in [1.29, 1.82) is 5.26 Å². The van der Waals surface area contributed by atoms with Gasteiger partial charge in [-0.3, -0.25) is 9.59 Å². The molecule has 0 aliphatic heterocycles. The molecule has 0 aromatic carbocycles. The highest BCUT2D eigenvalue weighted by atomic mass is 16.5. The summed E-state index contributed by atoms with van der Waals surface area (Å²) in [6.45, 7) is 15.5. The van der Waals surface area contributed by atoms with E-state index >= 15 is 0 Å². The SMILES string of the molecule is CCCC(C)(C)CC[C@@](C)(CC[C@]1(C)CC(=O)C=C2[C@@]3(C)CC(C#N)=C(O)C[C@@H]3CC[C@]21C)C(=O)OC. The van der Waals surface area contributed by atoms with Gasteiger partial charge in [0.25, 0.3) is 0 Å². The summed E-state index contributed by atoms with van der Waals surface area (Å²) in [5.41, 5.74) is 0.345. The summed E-state index contributed by atoms with van der Waals surface area (Å²) >= 11 is 0. The first-order valence-corrected chi connectivity index (χ1v) is 14.2. The molecule has 0 bridgehead atoms. The average molecular weight is 512 g/mol. The number of carbonyl (C=O) groups is 2. The maximum absolute atomic E-state index is 13.3. The van der Waals surface area contributed by atoms with Crippen molar-refractivity contribution >= 4 is 11.8 Å². The lowest BCUT2D eigenvalue weighted by Crippen LogP contribution is -2.54. The Labute approximate surface area is 224 Å². The fourth-order valence-electron chi connectivity index (χ4n) is 7.91. The van der Waals surface area contributed by atoms with E-state index in [1.165, 1.54) is 7.11 Å². The van der Waals surface area contributed by atoms with E-state index in [0.29, 0.717) is 31.3 Å². The number of hydrogen-bond acceptors (Lipinski definition) is 5.